The van der Waals surface area contributed by atoms with Gasteiger partial charge in [-0.1, -0.05) is 25.5 Å². The molecule has 0 bridgehead atoms. The van der Waals surface area contributed by atoms with Crippen molar-refractivity contribution in [2.75, 3.05) is 27.2 Å². The van der Waals surface area contributed by atoms with Gasteiger partial charge in [-0.15, -0.1) is 0 Å². The predicted molar refractivity (Wildman–Crippen MR) is 73.9 cm³/mol. The molecule has 1 aromatic carbocycles. The molecule has 1 rings (SSSR count). The van der Waals surface area contributed by atoms with Gasteiger partial charge in [0.2, 0.25) is 0 Å². The molecule has 0 aliphatic carbocycles. The van der Waals surface area contributed by atoms with E-state index < -0.39 is 0 Å². The second kappa shape index (κ2) is 7.88. The summed E-state index contributed by atoms with van der Waals surface area (Å²) in [6.45, 7) is 3.57. The van der Waals surface area contributed by atoms with Gasteiger partial charge in [-0.3, -0.25) is 0 Å². The van der Waals surface area contributed by atoms with Crippen LogP contribution in [0.5, 0.6) is 0 Å². The number of benzene rings is 1. The van der Waals surface area contributed by atoms with E-state index in [0.29, 0.717) is 12.2 Å². The quantitative estimate of drug-likeness (QED) is 0.549. The SMILES string of the molecule is CCCCOC(=O)c1cccc(CCN(C)C)c1. The third-order valence-corrected chi connectivity index (χ3v) is 2.74. The van der Waals surface area contributed by atoms with Crippen molar-refractivity contribution in [3.8, 4) is 0 Å². The van der Waals surface area contributed by atoms with Gasteiger partial charge in [0.15, 0.2) is 0 Å². The van der Waals surface area contributed by atoms with Crippen LogP contribution in [-0.4, -0.2) is 38.1 Å². The minimum atomic E-state index is -0.213. The molecule has 0 aromatic heterocycles. The Morgan fingerprint density at radius 2 is 2.11 bits per heavy atom. The number of hydrogen-bond acceptors (Lipinski definition) is 3. The average molecular weight is 249 g/mol. The Hall–Kier alpha value is -1.35. The van der Waals surface area contributed by atoms with E-state index in [9.17, 15) is 4.79 Å². The number of carbonyl (C=O) groups excluding carboxylic acids is 1. The van der Waals surface area contributed by atoms with Gasteiger partial charge >= 0.3 is 5.97 Å². The van der Waals surface area contributed by atoms with Gasteiger partial charge in [-0.25, -0.2) is 4.79 Å². The standard InChI is InChI=1S/C15H23NO2/c1-4-5-11-18-15(17)14-8-6-7-13(12-14)9-10-16(2)3/h6-8,12H,4-5,9-11H2,1-3H3. The van der Waals surface area contributed by atoms with Gasteiger partial charge in [-0.05, 0) is 44.6 Å². The van der Waals surface area contributed by atoms with E-state index in [1.165, 1.54) is 5.56 Å². The highest BCUT2D eigenvalue weighted by molar-refractivity contribution is 5.89. The van der Waals surface area contributed by atoms with Crippen LogP contribution in [0.2, 0.25) is 0 Å². The lowest BCUT2D eigenvalue weighted by Crippen LogP contribution is -2.15. The third-order valence-electron chi connectivity index (χ3n) is 2.74. The lowest BCUT2D eigenvalue weighted by atomic mass is 10.1. The first-order valence-electron chi connectivity index (χ1n) is 6.54. The number of likely N-dealkylation sites (N-methyl/N-ethyl adjacent to an activating group) is 1. The first-order chi connectivity index (χ1) is 8.63. The van der Waals surface area contributed by atoms with Gasteiger partial charge < -0.3 is 9.64 Å². The molecule has 0 unspecified atom stereocenters. The largest absolute Gasteiger partial charge is 0.462 e. The van der Waals surface area contributed by atoms with E-state index in [1.54, 1.807) is 0 Å². The Morgan fingerprint density at radius 1 is 1.33 bits per heavy atom. The van der Waals surface area contributed by atoms with Crippen molar-refractivity contribution in [2.45, 2.75) is 26.2 Å². The molecule has 0 N–H and O–H groups in total. The zero-order chi connectivity index (χ0) is 13.4. The fraction of sp³-hybridized carbons (Fsp3) is 0.533. The fourth-order valence-corrected chi connectivity index (χ4v) is 1.60. The van der Waals surface area contributed by atoms with Crippen LogP contribution < -0.4 is 0 Å². The molecular formula is C15H23NO2. The normalized spacial score (nSPS) is 10.7. The van der Waals surface area contributed by atoms with Crippen molar-refractivity contribution in [3.63, 3.8) is 0 Å². The third kappa shape index (κ3) is 5.32. The molecule has 0 spiro atoms. The Labute approximate surface area is 110 Å². The smallest absolute Gasteiger partial charge is 0.338 e. The van der Waals surface area contributed by atoms with E-state index in [-0.39, 0.29) is 5.97 Å². The monoisotopic (exact) mass is 249 g/mol. The molecule has 3 heteroatoms. The van der Waals surface area contributed by atoms with Crippen molar-refractivity contribution in [1.82, 2.24) is 4.90 Å². The molecule has 100 valence electrons. The summed E-state index contributed by atoms with van der Waals surface area (Å²) in [7, 11) is 4.09. The van der Waals surface area contributed by atoms with Crippen molar-refractivity contribution >= 4 is 5.97 Å². The van der Waals surface area contributed by atoms with Crippen LogP contribution in [0, 0.1) is 0 Å². The highest BCUT2D eigenvalue weighted by Crippen LogP contribution is 2.08. The summed E-state index contributed by atoms with van der Waals surface area (Å²) in [6.07, 6.45) is 2.91. The Bertz CT molecular complexity index is 375. The number of nitrogens with zero attached hydrogens (tertiary/aromatic N) is 1. The summed E-state index contributed by atoms with van der Waals surface area (Å²) in [4.78, 5) is 13.9. The maximum Gasteiger partial charge on any atom is 0.338 e. The van der Waals surface area contributed by atoms with Crippen LogP contribution >= 0.6 is 0 Å². The molecule has 0 atom stereocenters. The van der Waals surface area contributed by atoms with Gasteiger partial charge in [0.05, 0.1) is 12.2 Å². The van der Waals surface area contributed by atoms with Crippen LogP contribution in [0.4, 0.5) is 0 Å². The topological polar surface area (TPSA) is 29.5 Å². The van der Waals surface area contributed by atoms with E-state index in [2.05, 4.69) is 11.8 Å². The molecule has 3 nitrogen and oxygen atoms in total. The molecule has 0 aliphatic rings. The molecule has 1 aromatic rings. The molecule has 0 heterocycles. The zero-order valence-corrected chi connectivity index (χ0v) is 11.6. The number of unbranched alkanes of at least 4 members (excludes halogenated alkanes) is 1. The average Bonchev–Trinajstić information content (AvgIpc) is 2.37. The second-order valence-electron chi connectivity index (χ2n) is 4.74. The van der Waals surface area contributed by atoms with E-state index in [0.717, 1.165) is 25.8 Å². The van der Waals surface area contributed by atoms with Gasteiger partial charge in [0, 0.05) is 6.54 Å². The number of rotatable bonds is 7. The van der Waals surface area contributed by atoms with Crippen LogP contribution in [0.25, 0.3) is 0 Å². The first-order valence-corrected chi connectivity index (χ1v) is 6.54. The number of hydrogen-bond donors (Lipinski definition) is 0. The molecule has 18 heavy (non-hydrogen) atoms. The van der Waals surface area contributed by atoms with Crippen molar-refractivity contribution in [2.24, 2.45) is 0 Å². The van der Waals surface area contributed by atoms with Crippen molar-refractivity contribution < 1.29 is 9.53 Å². The highest BCUT2D eigenvalue weighted by Gasteiger charge is 2.07. The van der Waals surface area contributed by atoms with Crippen LogP contribution in [0.1, 0.15) is 35.7 Å². The zero-order valence-electron chi connectivity index (χ0n) is 11.6. The van der Waals surface area contributed by atoms with Crippen LogP contribution in [0.15, 0.2) is 24.3 Å². The van der Waals surface area contributed by atoms with Gasteiger partial charge in [0.1, 0.15) is 0 Å². The Morgan fingerprint density at radius 3 is 2.78 bits per heavy atom. The van der Waals surface area contributed by atoms with Gasteiger partial charge in [0.25, 0.3) is 0 Å². The van der Waals surface area contributed by atoms with Crippen LogP contribution in [0.3, 0.4) is 0 Å². The number of ether oxygens (including phenoxy) is 1. The summed E-state index contributed by atoms with van der Waals surface area (Å²) in [5.41, 5.74) is 1.83. The molecule has 0 saturated heterocycles. The Kier molecular flexibility index (Phi) is 6.44. The lowest BCUT2D eigenvalue weighted by Gasteiger charge is -2.10. The molecule has 0 aliphatic heterocycles. The van der Waals surface area contributed by atoms with E-state index in [4.69, 9.17) is 4.74 Å². The summed E-state index contributed by atoms with van der Waals surface area (Å²) in [6, 6.07) is 7.71. The molecule has 0 saturated carbocycles. The summed E-state index contributed by atoms with van der Waals surface area (Å²) < 4.78 is 5.20. The number of esters is 1. The maximum atomic E-state index is 11.8. The van der Waals surface area contributed by atoms with Crippen LogP contribution in [-0.2, 0) is 11.2 Å². The van der Waals surface area contributed by atoms with Gasteiger partial charge in [-0.2, -0.15) is 0 Å². The highest BCUT2D eigenvalue weighted by atomic mass is 16.5. The maximum absolute atomic E-state index is 11.8. The molecular weight excluding hydrogens is 226 g/mol. The molecule has 0 radical (unpaired) electrons. The fourth-order valence-electron chi connectivity index (χ4n) is 1.60. The van der Waals surface area contributed by atoms with Crippen molar-refractivity contribution in [3.05, 3.63) is 35.4 Å². The van der Waals surface area contributed by atoms with E-state index >= 15 is 0 Å². The molecule has 0 amide bonds. The first kappa shape index (κ1) is 14.7. The van der Waals surface area contributed by atoms with E-state index in [1.807, 2.05) is 38.4 Å². The van der Waals surface area contributed by atoms with Crippen molar-refractivity contribution in [1.29, 1.82) is 0 Å². The summed E-state index contributed by atoms with van der Waals surface area (Å²) >= 11 is 0. The minimum absolute atomic E-state index is 0.213. The summed E-state index contributed by atoms with van der Waals surface area (Å²) in [5, 5.41) is 0. The Balaban J connectivity index is 2.55. The second-order valence-corrected chi connectivity index (χ2v) is 4.74. The molecule has 0 fully saturated rings. The number of carbonyl (C=O) groups is 1. The lowest BCUT2D eigenvalue weighted by molar-refractivity contribution is 0.0499. The summed E-state index contributed by atoms with van der Waals surface area (Å²) in [5.74, 6) is -0.213. The minimum Gasteiger partial charge on any atom is -0.462 e. The predicted octanol–water partition coefficient (Wildman–Crippen LogP) is 2.75.